The highest BCUT2D eigenvalue weighted by Gasteiger charge is 2.22. The van der Waals surface area contributed by atoms with E-state index < -0.39 is 5.97 Å². The molecule has 0 spiro atoms. The summed E-state index contributed by atoms with van der Waals surface area (Å²) in [5.41, 5.74) is 0.812. The maximum atomic E-state index is 14.0. The van der Waals surface area contributed by atoms with E-state index in [-0.39, 0.29) is 17.3 Å². The van der Waals surface area contributed by atoms with E-state index in [1.807, 2.05) is 0 Å². The van der Waals surface area contributed by atoms with Crippen LogP contribution in [0.2, 0.25) is 5.02 Å². The largest absolute Gasteiger partial charge is 0.480 e. The van der Waals surface area contributed by atoms with Crippen molar-refractivity contribution in [2.24, 2.45) is 0 Å². The third-order valence-electron chi connectivity index (χ3n) is 4.58. The van der Waals surface area contributed by atoms with Gasteiger partial charge < -0.3 is 14.4 Å². The number of carbonyl (C=O) groups is 1. The lowest BCUT2D eigenvalue weighted by atomic mass is 10.1. The summed E-state index contributed by atoms with van der Waals surface area (Å²) in [6.45, 7) is 3.40. The molecule has 0 saturated carbocycles. The van der Waals surface area contributed by atoms with Gasteiger partial charge in [0.15, 0.2) is 0 Å². The Kier molecular flexibility index (Phi) is 6.13. The molecule has 27 heavy (non-hydrogen) atoms. The number of halogens is 2. The summed E-state index contributed by atoms with van der Waals surface area (Å²) in [4.78, 5) is 20.4. The van der Waals surface area contributed by atoms with Crippen LogP contribution >= 0.6 is 11.6 Å². The van der Waals surface area contributed by atoms with Gasteiger partial charge in [-0.15, -0.1) is 0 Å². The monoisotopic (exact) mass is 393 g/mol. The zero-order valence-corrected chi connectivity index (χ0v) is 16.0. The Labute approximate surface area is 162 Å². The number of anilines is 1. The second kappa shape index (κ2) is 8.54. The van der Waals surface area contributed by atoms with Gasteiger partial charge >= 0.3 is 5.97 Å². The lowest BCUT2D eigenvalue weighted by Crippen LogP contribution is -2.46. The van der Waals surface area contributed by atoms with Crippen molar-refractivity contribution in [2.75, 3.05) is 45.3 Å². The predicted octanol–water partition coefficient (Wildman–Crippen LogP) is 2.99. The van der Waals surface area contributed by atoms with Crippen LogP contribution in [-0.2, 0) is 11.3 Å². The van der Waals surface area contributed by atoms with Gasteiger partial charge in [0, 0.05) is 43.3 Å². The van der Waals surface area contributed by atoms with Gasteiger partial charge in [0.05, 0.1) is 14.2 Å². The molecule has 0 atom stereocenters. The smallest absolute Gasteiger partial charge is 0.343 e. The van der Waals surface area contributed by atoms with Crippen LogP contribution in [0.4, 0.5) is 10.2 Å². The minimum Gasteiger partial charge on any atom is -0.480 e. The van der Waals surface area contributed by atoms with E-state index in [9.17, 15) is 9.18 Å². The summed E-state index contributed by atoms with van der Waals surface area (Å²) in [6, 6.07) is 8.17. The molecule has 1 saturated heterocycles. The molecule has 0 aliphatic carbocycles. The molecule has 0 amide bonds. The van der Waals surface area contributed by atoms with Crippen LogP contribution in [0.5, 0.6) is 5.88 Å². The molecule has 0 unspecified atom stereocenters. The van der Waals surface area contributed by atoms with E-state index in [2.05, 4.69) is 14.8 Å². The number of benzene rings is 1. The molecule has 0 N–H and O–H groups in total. The Morgan fingerprint density at radius 3 is 2.56 bits per heavy atom. The molecule has 1 fully saturated rings. The van der Waals surface area contributed by atoms with Crippen molar-refractivity contribution in [1.29, 1.82) is 0 Å². The Morgan fingerprint density at radius 1 is 1.19 bits per heavy atom. The van der Waals surface area contributed by atoms with Gasteiger partial charge in [-0.1, -0.05) is 17.7 Å². The zero-order valence-electron chi connectivity index (χ0n) is 15.2. The minimum absolute atomic E-state index is 0.236. The fourth-order valence-electron chi connectivity index (χ4n) is 3.07. The lowest BCUT2D eigenvalue weighted by Gasteiger charge is -2.35. The average Bonchev–Trinajstić information content (AvgIpc) is 2.70. The Hall–Kier alpha value is -2.38. The van der Waals surface area contributed by atoms with Crippen LogP contribution in [0.3, 0.4) is 0 Å². The molecule has 1 aromatic heterocycles. The molecule has 2 aromatic rings. The van der Waals surface area contributed by atoms with Gasteiger partial charge in [0.2, 0.25) is 5.88 Å². The number of methoxy groups -OCH3 is 2. The minimum atomic E-state index is -0.488. The Morgan fingerprint density at radius 2 is 1.93 bits per heavy atom. The van der Waals surface area contributed by atoms with Crippen LogP contribution < -0.4 is 9.64 Å². The third-order valence-corrected chi connectivity index (χ3v) is 4.94. The number of piperazine rings is 1. The summed E-state index contributed by atoms with van der Waals surface area (Å²) < 4.78 is 23.9. The van der Waals surface area contributed by atoms with Crippen molar-refractivity contribution in [3.63, 3.8) is 0 Å². The maximum Gasteiger partial charge on any atom is 0.343 e. The van der Waals surface area contributed by atoms with Gasteiger partial charge in [-0.25, -0.2) is 9.18 Å². The fraction of sp³-hybridized carbons (Fsp3) is 0.368. The van der Waals surface area contributed by atoms with E-state index in [1.165, 1.54) is 20.3 Å². The van der Waals surface area contributed by atoms with E-state index >= 15 is 0 Å². The number of hydrogen-bond donors (Lipinski definition) is 0. The lowest BCUT2D eigenvalue weighted by molar-refractivity contribution is 0.0596. The molecule has 0 radical (unpaired) electrons. The highest BCUT2D eigenvalue weighted by molar-refractivity contribution is 6.31. The highest BCUT2D eigenvalue weighted by Crippen LogP contribution is 2.24. The number of rotatable bonds is 5. The molecule has 1 aliphatic heterocycles. The van der Waals surface area contributed by atoms with Crippen LogP contribution in [-0.4, -0.2) is 56.3 Å². The van der Waals surface area contributed by atoms with Crippen LogP contribution in [0.1, 0.15) is 15.9 Å². The summed E-state index contributed by atoms with van der Waals surface area (Å²) in [6.07, 6.45) is 0. The van der Waals surface area contributed by atoms with Crippen molar-refractivity contribution in [3.05, 3.63) is 52.3 Å². The number of pyridine rings is 1. The van der Waals surface area contributed by atoms with Crippen molar-refractivity contribution in [1.82, 2.24) is 9.88 Å². The van der Waals surface area contributed by atoms with Crippen LogP contribution in [0, 0.1) is 5.82 Å². The first kappa shape index (κ1) is 19.4. The highest BCUT2D eigenvalue weighted by atomic mass is 35.5. The number of esters is 1. The Bertz CT molecular complexity index is 806. The number of aromatic nitrogens is 1. The van der Waals surface area contributed by atoms with Crippen LogP contribution in [0.15, 0.2) is 30.3 Å². The number of ether oxygens (including phenoxy) is 2. The van der Waals surface area contributed by atoms with E-state index in [4.69, 9.17) is 21.1 Å². The van der Waals surface area contributed by atoms with Crippen LogP contribution in [0.25, 0.3) is 0 Å². The first-order valence-electron chi connectivity index (χ1n) is 8.57. The molecular weight excluding hydrogens is 373 g/mol. The van der Waals surface area contributed by atoms with Gasteiger partial charge in [-0.05, 0) is 24.3 Å². The molecule has 144 valence electrons. The number of hydrogen-bond acceptors (Lipinski definition) is 6. The topological polar surface area (TPSA) is 54.9 Å². The first-order valence-corrected chi connectivity index (χ1v) is 8.95. The number of carbonyl (C=O) groups excluding carboxylic acids is 1. The molecular formula is C19H21ClFN3O3. The Balaban J connectivity index is 1.66. The second-order valence-electron chi connectivity index (χ2n) is 6.18. The second-order valence-corrected chi connectivity index (χ2v) is 6.59. The normalized spacial score (nSPS) is 14.9. The van der Waals surface area contributed by atoms with Gasteiger partial charge in [-0.2, -0.15) is 4.98 Å². The van der Waals surface area contributed by atoms with Crippen molar-refractivity contribution in [3.8, 4) is 5.88 Å². The number of nitrogens with zero attached hydrogens (tertiary/aromatic N) is 3. The molecule has 3 rings (SSSR count). The van der Waals surface area contributed by atoms with E-state index in [1.54, 1.807) is 24.3 Å². The summed E-state index contributed by atoms with van der Waals surface area (Å²) in [5, 5.41) is 0.447. The van der Waals surface area contributed by atoms with Gasteiger partial charge in [-0.3, -0.25) is 4.90 Å². The van der Waals surface area contributed by atoms with Gasteiger partial charge in [0.25, 0.3) is 0 Å². The van der Waals surface area contributed by atoms with Crippen molar-refractivity contribution >= 4 is 23.4 Å². The average molecular weight is 394 g/mol. The van der Waals surface area contributed by atoms with Gasteiger partial charge in [0.1, 0.15) is 17.2 Å². The van der Waals surface area contributed by atoms with E-state index in [0.717, 1.165) is 32.0 Å². The van der Waals surface area contributed by atoms with Crippen molar-refractivity contribution < 1.29 is 18.7 Å². The molecule has 8 heteroatoms. The maximum absolute atomic E-state index is 14.0. The quantitative estimate of drug-likeness (QED) is 0.728. The molecule has 1 aromatic carbocycles. The van der Waals surface area contributed by atoms with E-state index in [0.29, 0.717) is 17.1 Å². The SMILES string of the molecule is COC(=O)c1ccc(N2CCN(Cc3c(F)cccc3Cl)CC2)nc1OC. The molecule has 6 nitrogen and oxygen atoms in total. The summed E-state index contributed by atoms with van der Waals surface area (Å²) in [5.74, 6) is 0.190. The van der Waals surface area contributed by atoms with Crippen molar-refractivity contribution in [2.45, 2.75) is 6.54 Å². The third kappa shape index (κ3) is 4.31. The predicted molar refractivity (Wildman–Crippen MR) is 101 cm³/mol. The standard InChI is InChI=1S/C19H21ClFN3O3/c1-26-18-13(19(25)27-2)6-7-17(22-18)24-10-8-23(9-11-24)12-14-15(20)4-3-5-16(14)21/h3-7H,8-12H2,1-2H3. The first-order chi connectivity index (χ1) is 13.0. The summed E-state index contributed by atoms with van der Waals surface area (Å²) in [7, 11) is 2.78. The zero-order chi connectivity index (χ0) is 19.4. The summed E-state index contributed by atoms with van der Waals surface area (Å²) >= 11 is 6.12. The molecule has 1 aliphatic rings. The fourth-order valence-corrected chi connectivity index (χ4v) is 3.29. The molecule has 0 bridgehead atoms. The molecule has 2 heterocycles.